The smallest absolute Gasteiger partial charge is 0.151 e. The molecule has 3 atom stereocenters. The first kappa shape index (κ1) is 21.5. The van der Waals surface area contributed by atoms with Crippen molar-refractivity contribution in [1.29, 1.82) is 0 Å². The van der Waals surface area contributed by atoms with E-state index in [2.05, 4.69) is 29.2 Å². The van der Waals surface area contributed by atoms with Gasteiger partial charge < -0.3 is 14.6 Å². The van der Waals surface area contributed by atoms with Crippen molar-refractivity contribution in [3.8, 4) is 0 Å². The van der Waals surface area contributed by atoms with E-state index in [4.69, 9.17) is 14.6 Å². The fourth-order valence-electron chi connectivity index (χ4n) is 2.82. The molecule has 0 aliphatic rings. The van der Waals surface area contributed by atoms with Gasteiger partial charge in [-0.25, -0.2) is 4.39 Å². The van der Waals surface area contributed by atoms with Crippen LogP contribution in [0.1, 0.15) is 25.0 Å². The highest BCUT2D eigenvalue weighted by Gasteiger charge is 2.21. The van der Waals surface area contributed by atoms with Gasteiger partial charge >= 0.3 is 0 Å². The highest BCUT2D eigenvalue weighted by Crippen LogP contribution is 2.14. The molecule has 0 saturated heterocycles. The first-order chi connectivity index (χ1) is 13.0. The first-order valence-electron chi connectivity index (χ1n) is 9.40. The number of ether oxygens (including phenoxy) is 2. The van der Waals surface area contributed by atoms with Gasteiger partial charge in [0.2, 0.25) is 0 Å². The van der Waals surface area contributed by atoms with Crippen molar-refractivity contribution in [1.82, 2.24) is 4.90 Å². The number of hydrogen-bond donors (Lipinski definition) is 1. The summed E-state index contributed by atoms with van der Waals surface area (Å²) in [5, 5.41) is 9.07. The largest absolute Gasteiger partial charge is 0.373 e. The Labute approximate surface area is 161 Å². The van der Waals surface area contributed by atoms with Crippen LogP contribution in [0, 0.1) is 0 Å². The third kappa shape index (κ3) is 8.63. The van der Waals surface area contributed by atoms with Gasteiger partial charge in [-0.05, 0) is 25.0 Å². The van der Waals surface area contributed by atoms with Crippen molar-refractivity contribution in [2.75, 3.05) is 19.8 Å². The molecule has 0 spiro atoms. The summed E-state index contributed by atoms with van der Waals surface area (Å²) < 4.78 is 25.3. The minimum atomic E-state index is -1.12. The maximum absolute atomic E-state index is 14.8. The van der Waals surface area contributed by atoms with Crippen molar-refractivity contribution in [2.24, 2.45) is 0 Å². The summed E-state index contributed by atoms with van der Waals surface area (Å²) in [5.74, 6) is 0. The number of nitrogens with zero attached hydrogens (tertiary/aromatic N) is 1. The highest BCUT2D eigenvalue weighted by atomic mass is 19.1. The fraction of sp³-hybridized carbons (Fsp3) is 0.455. The molecule has 4 nitrogen and oxygen atoms in total. The van der Waals surface area contributed by atoms with Crippen molar-refractivity contribution in [3.05, 3.63) is 71.8 Å². The van der Waals surface area contributed by atoms with E-state index >= 15 is 0 Å². The maximum Gasteiger partial charge on any atom is 0.151 e. The van der Waals surface area contributed by atoms with Crippen LogP contribution in [0.2, 0.25) is 0 Å². The van der Waals surface area contributed by atoms with Crippen molar-refractivity contribution in [3.63, 3.8) is 0 Å². The molecule has 5 heteroatoms. The zero-order chi connectivity index (χ0) is 19.5. The van der Waals surface area contributed by atoms with Crippen LogP contribution < -0.4 is 0 Å². The molecular weight excluding hydrogens is 345 g/mol. The van der Waals surface area contributed by atoms with Crippen molar-refractivity contribution >= 4 is 0 Å². The molecule has 0 radical (unpaired) electrons. The monoisotopic (exact) mass is 375 g/mol. The van der Waals surface area contributed by atoms with Gasteiger partial charge in [0.05, 0.1) is 19.3 Å². The van der Waals surface area contributed by atoms with Crippen molar-refractivity contribution < 1.29 is 19.0 Å². The molecule has 0 heterocycles. The summed E-state index contributed by atoms with van der Waals surface area (Å²) >= 11 is 0. The summed E-state index contributed by atoms with van der Waals surface area (Å²) in [7, 11) is 0. The maximum atomic E-state index is 14.8. The average molecular weight is 375 g/mol. The van der Waals surface area contributed by atoms with E-state index in [1.165, 1.54) is 6.92 Å². The minimum Gasteiger partial charge on any atom is -0.373 e. The molecule has 148 valence electrons. The summed E-state index contributed by atoms with van der Waals surface area (Å²) in [6.45, 7) is 5.39. The Morgan fingerprint density at radius 3 is 1.81 bits per heavy atom. The van der Waals surface area contributed by atoms with Crippen LogP contribution in [0.15, 0.2) is 60.7 Å². The Kier molecular flexibility index (Phi) is 9.42. The summed E-state index contributed by atoms with van der Waals surface area (Å²) in [4.78, 5) is 2.10. The quantitative estimate of drug-likeness (QED) is 0.453. The SMILES string of the molecule is CC(OCCO[C@H](C)O)C(F)CN(Cc1ccccc1)Cc1ccccc1. The molecule has 0 amide bonds. The normalized spacial score (nSPS) is 14.9. The van der Waals surface area contributed by atoms with Crippen LogP contribution in [0.3, 0.4) is 0 Å². The Morgan fingerprint density at radius 1 is 0.852 bits per heavy atom. The van der Waals surface area contributed by atoms with E-state index in [-0.39, 0.29) is 19.8 Å². The molecular formula is C22H30FNO3. The number of aliphatic hydroxyl groups is 1. The molecule has 1 N–H and O–H groups in total. The summed E-state index contributed by atoms with van der Waals surface area (Å²) in [5.41, 5.74) is 2.30. The van der Waals surface area contributed by atoms with Crippen LogP contribution in [0.5, 0.6) is 0 Å². The van der Waals surface area contributed by atoms with E-state index in [1.807, 2.05) is 36.4 Å². The zero-order valence-electron chi connectivity index (χ0n) is 16.1. The summed E-state index contributed by atoms with van der Waals surface area (Å²) in [6.07, 6.45) is -2.50. The second-order valence-corrected chi connectivity index (χ2v) is 6.70. The fourth-order valence-corrected chi connectivity index (χ4v) is 2.82. The molecule has 0 saturated carbocycles. The predicted molar refractivity (Wildman–Crippen MR) is 105 cm³/mol. The van der Waals surface area contributed by atoms with Gasteiger partial charge in [0.1, 0.15) is 6.17 Å². The van der Waals surface area contributed by atoms with E-state index < -0.39 is 18.6 Å². The molecule has 2 unspecified atom stereocenters. The number of aliphatic hydroxyl groups excluding tert-OH is 1. The second kappa shape index (κ2) is 11.8. The van der Waals surface area contributed by atoms with E-state index in [1.54, 1.807) is 6.92 Å². The van der Waals surface area contributed by atoms with Gasteiger partial charge in [-0.15, -0.1) is 0 Å². The third-order valence-corrected chi connectivity index (χ3v) is 4.26. The van der Waals surface area contributed by atoms with Gasteiger partial charge in [-0.3, -0.25) is 4.90 Å². The van der Waals surface area contributed by atoms with Crippen LogP contribution >= 0.6 is 0 Å². The molecule has 0 aliphatic heterocycles. The second-order valence-electron chi connectivity index (χ2n) is 6.70. The van der Waals surface area contributed by atoms with E-state index in [0.29, 0.717) is 13.1 Å². The van der Waals surface area contributed by atoms with Gasteiger partial charge in [-0.2, -0.15) is 0 Å². The Balaban J connectivity index is 1.91. The van der Waals surface area contributed by atoms with Gasteiger partial charge in [0.25, 0.3) is 0 Å². The minimum absolute atomic E-state index is 0.243. The predicted octanol–water partition coefficient (Wildman–Crippen LogP) is 3.79. The lowest BCUT2D eigenvalue weighted by molar-refractivity contribution is -0.110. The molecule has 27 heavy (non-hydrogen) atoms. The first-order valence-corrected chi connectivity index (χ1v) is 9.40. The number of halogens is 1. The van der Waals surface area contributed by atoms with E-state index in [9.17, 15) is 4.39 Å². The number of benzene rings is 2. The van der Waals surface area contributed by atoms with Crippen molar-refractivity contribution in [2.45, 2.75) is 45.5 Å². The number of hydrogen-bond acceptors (Lipinski definition) is 4. The van der Waals surface area contributed by atoms with Crippen LogP contribution in [0.4, 0.5) is 4.39 Å². The number of rotatable bonds is 12. The lowest BCUT2D eigenvalue weighted by Gasteiger charge is -2.27. The molecule has 2 rings (SSSR count). The standard InChI is InChI=1S/C22H30FNO3/c1-18(26-13-14-27-19(2)25)22(23)17-24(15-20-9-5-3-6-10-20)16-21-11-7-4-8-12-21/h3-12,18-19,22,25H,13-17H2,1-2H3/t18?,19-,22?/m1/s1. The van der Waals surface area contributed by atoms with Gasteiger partial charge in [0, 0.05) is 19.6 Å². The molecule has 2 aromatic rings. The van der Waals surface area contributed by atoms with Gasteiger partial charge in [0.15, 0.2) is 6.29 Å². The van der Waals surface area contributed by atoms with E-state index in [0.717, 1.165) is 11.1 Å². The lowest BCUT2D eigenvalue weighted by Crippen LogP contribution is -2.36. The van der Waals surface area contributed by atoms with Gasteiger partial charge in [-0.1, -0.05) is 60.7 Å². The average Bonchev–Trinajstić information content (AvgIpc) is 2.66. The Bertz CT molecular complexity index is 582. The Morgan fingerprint density at radius 2 is 1.33 bits per heavy atom. The zero-order valence-corrected chi connectivity index (χ0v) is 16.1. The lowest BCUT2D eigenvalue weighted by atomic mass is 10.1. The van der Waals surface area contributed by atoms with Crippen LogP contribution in [-0.4, -0.2) is 48.3 Å². The highest BCUT2D eigenvalue weighted by molar-refractivity contribution is 5.17. The molecule has 0 aromatic heterocycles. The molecule has 0 bridgehead atoms. The third-order valence-electron chi connectivity index (χ3n) is 4.26. The summed E-state index contributed by atoms with van der Waals surface area (Å²) in [6, 6.07) is 20.2. The molecule has 2 aromatic carbocycles. The van der Waals surface area contributed by atoms with Crippen LogP contribution in [0.25, 0.3) is 0 Å². The van der Waals surface area contributed by atoms with Crippen LogP contribution in [-0.2, 0) is 22.6 Å². The Hall–Kier alpha value is -1.79. The number of alkyl halides is 1. The molecule has 0 fully saturated rings. The molecule has 0 aliphatic carbocycles. The topological polar surface area (TPSA) is 41.9 Å².